The first-order chi connectivity index (χ1) is 12.2. The van der Waals surface area contributed by atoms with Crippen molar-refractivity contribution in [2.24, 2.45) is 5.92 Å². The lowest BCUT2D eigenvalue weighted by Crippen LogP contribution is -2.26. The van der Waals surface area contributed by atoms with Gasteiger partial charge >= 0.3 is 5.97 Å². The standard InChI is InChI=1S/C23H36O2/c1-3-5-7-8-9-10-11-19-13-15-20(16-14-19)22-18-17-21(12-6-4-2)23(24)25-22/h13-16,21-22H,3-12,17-18H2,1-2H3. The number of benzene rings is 1. The highest BCUT2D eigenvalue weighted by Crippen LogP contribution is 2.33. The molecule has 0 spiro atoms. The number of cyclic esters (lactones) is 1. The largest absolute Gasteiger partial charge is 0.457 e. The first kappa shape index (κ1) is 20.0. The van der Waals surface area contributed by atoms with Crippen LogP contribution in [-0.4, -0.2) is 5.97 Å². The molecule has 0 aliphatic carbocycles. The second-order valence-corrected chi connectivity index (χ2v) is 7.60. The maximum Gasteiger partial charge on any atom is 0.309 e. The molecular formula is C23H36O2. The normalized spacial score (nSPS) is 20.5. The van der Waals surface area contributed by atoms with Gasteiger partial charge in [0.05, 0.1) is 5.92 Å². The molecule has 0 amide bonds. The minimum absolute atomic E-state index is 0.0147. The third-order valence-corrected chi connectivity index (χ3v) is 5.45. The Kier molecular flexibility index (Phi) is 9.07. The Balaban J connectivity index is 1.74. The molecule has 2 nitrogen and oxygen atoms in total. The van der Waals surface area contributed by atoms with Crippen molar-refractivity contribution in [3.05, 3.63) is 35.4 Å². The molecule has 0 bridgehead atoms. The summed E-state index contributed by atoms with van der Waals surface area (Å²) in [5.41, 5.74) is 2.57. The van der Waals surface area contributed by atoms with Gasteiger partial charge in [-0.1, -0.05) is 83.1 Å². The molecule has 2 heteroatoms. The second kappa shape index (κ2) is 11.3. The number of hydrogen-bond acceptors (Lipinski definition) is 2. The van der Waals surface area contributed by atoms with Crippen molar-refractivity contribution in [3.63, 3.8) is 0 Å². The Hall–Kier alpha value is -1.31. The number of aryl methyl sites for hydroxylation is 1. The van der Waals surface area contributed by atoms with E-state index in [0.717, 1.165) is 44.1 Å². The molecule has 0 N–H and O–H groups in total. The highest BCUT2D eigenvalue weighted by atomic mass is 16.5. The Morgan fingerprint density at radius 2 is 1.56 bits per heavy atom. The summed E-state index contributed by atoms with van der Waals surface area (Å²) in [4.78, 5) is 12.2. The number of hydrogen-bond donors (Lipinski definition) is 0. The first-order valence-electron chi connectivity index (χ1n) is 10.5. The van der Waals surface area contributed by atoms with Gasteiger partial charge in [0.25, 0.3) is 0 Å². The zero-order valence-corrected chi connectivity index (χ0v) is 16.3. The number of carbonyl (C=O) groups is 1. The van der Waals surface area contributed by atoms with E-state index < -0.39 is 0 Å². The van der Waals surface area contributed by atoms with Gasteiger partial charge in [0.1, 0.15) is 6.10 Å². The molecule has 1 saturated heterocycles. The van der Waals surface area contributed by atoms with Crippen molar-refractivity contribution in [3.8, 4) is 0 Å². The smallest absolute Gasteiger partial charge is 0.309 e. The van der Waals surface area contributed by atoms with Crippen molar-refractivity contribution in [2.45, 2.75) is 97.0 Å². The number of rotatable bonds is 11. The third kappa shape index (κ3) is 6.84. The fourth-order valence-corrected chi connectivity index (χ4v) is 3.72. The number of ether oxygens (including phenoxy) is 1. The minimum atomic E-state index is -0.0338. The second-order valence-electron chi connectivity index (χ2n) is 7.60. The molecule has 1 aliphatic rings. The van der Waals surface area contributed by atoms with Crippen molar-refractivity contribution in [1.29, 1.82) is 0 Å². The molecule has 0 radical (unpaired) electrons. The zero-order valence-electron chi connectivity index (χ0n) is 16.3. The van der Waals surface area contributed by atoms with Crippen LogP contribution in [0.4, 0.5) is 0 Å². The van der Waals surface area contributed by atoms with E-state index in [-0.39, 0.29) is 18.0 Å². The van der Waals surface area contributed by atoms with Gasteiger partial charge in [-0.05, 0) is 43.2 Å². The highest BCUT2D eigenvalue weighted by molar-refractivity contribution is 5.73. The van der Waals surface area contributed by atoms with Crippen molar-refractivity contribution < 1.29 is 9.53 Å². The van der Waals surface area contributed by atoms with Gasteiger partial charge in [0.2, 0.25) is 0 Å². The Morgan fingerprint density at radius 1 is 0.880 bits per heavy atom. The van der Waals surface area contributed by atoms with Crippen LogP contribution in [0.15, 0.2) is 24.3 Å². The molecule has 0 saturated carbocycles. The van der Waals surface area contributed by atoms with E-state index in [1.54, 1.807) is 0 Å². The van der Waals surface area contributed by atoms with E-state index in [9.17, 15) is 4.79 Å². The molecule has 2 unspecified atom stereocenters. The lowest BCUT2D eigenvalue weighted by atomic mass is 9.90. The van der Waals surface area contributed by atoms with Crippen LogP contribution >= 0.6 is 0 Å². The summed E-state index contributed by atoms with van der Waals surface area (Å²) in [6.45, 7) is 4.43. The summed E-state index contributed by atoms with van der Waals surface area (Å²) in [5, 5.41) is 0. The molecule has 1 aliphatic heterocycles. The van der Waals surface area contributed by atoms with Crippen LogP contribution in [0.1, 0.15) is 102 Å². The Labute approximate surface area is 154 Å². The van der Waals surface area contributed by atoms with Gasteiger partial charge in [-0.25, -0.2) is 0 Å². The SMILES string of the molecule is CCCCCCCCc1ccc(C2CCC(CCCC)C(=O)O2)cc1. The highest BCUT2D eigenvalue weighted by Gasteiger charge is 2.30. The molecular weight excluding hydrogens is 308 g/mol. The molecule has 1 aromatic rings. The van der Waals surface area contributed by atoms with E-state index in [1.807, 2.05) is 0 Å². The summed E-state index contributed by atoms with van der Waals surface area (Å²) < 4.78 is 5.72. The van der Waals surface area contributed by atoms with E-state index in [1.165, 1.54) is 44.1 Å². The summed E-state index contributed by atoms with van der Waals surface area (Å²) in [5.74, 6) is 0.143. The van der Waals surface area contributed by atoms with Crippen molar-refractivity contribution in [1.82, 2.24) is 0 Å². The fourth-order valence-electron chi connectivity index (χ4n) is 3.72. The van der Waals surface area contributed by atoms with Crippen molar-refractivity contribution in [2.75, 3.05) is 0 Å². The predicted molar refractivity (Wildman–Crippen MR) is 105 cm³/mol. The van der Waals surface area contributed by atoms with Gasteiger partial charge in [0, 0.05) is 0 Å². The monoisotopic (exact) mass is 344 g/mol. The minimum Gasteiger partial charge on any atom is -0.457 e. The van der Waals surface area contributed by atoms with Crippen LogP contribution in [0.5, 0.6) is 0 Å². The maximum atomic E-state index is 12.2. The fraction of sp³-hybridized carbons (Fsp3) is 0.696. The Morgan fingerprint density at radius 3 is 2.24 bits per heavy atom. The molecule has 2 rings (SSSR count). The predicted octanol–water partition coefficient (Wildman–Crippen LogP) is 6.77. The molecule has 1 aromatic carbocycles. The summed E-state index contributed by atoms with van der Waals surface area (Å²) in [6, 6.07) is 8.77. The van der Waals surface area contributed by atoms with Gasteiger partial charge in [0.15, 0.2) is 0 Å². The summed E-state index contributed by atoms with van der Waals surface area (Å²) in [6.07, 6.45) is 14.4. The molecule has 0 aromatic heterocycles. The van der Waals surface area contributed by atoms with Crippen LogP contribution in [0.3, 0.4) is 0 Å². The number of carbonyl (C=O) groups excluding carboxylic acids is 1. The molecule has 1 heterocycles. The van der Waals surface area contributed by atoms with Gasteiger partial charge in [-0.3, -0.25) is 4.79 Å². The first-order valence-corrected chi connectivity index (χ1v) is 10.5. The quantitative estimate of drug-likeness (QED) is 0.327. The molecule has 2 atom stereocenters. The average Bonchev–Trinajstić information content (AvgIpc) is 2.64. The lowest BCUT2D eigenvalue weighted by Gasteiger charge is -2.28. The topological polar surface area (TPSA) is 26.3 Å². The molecule has 1 fully saturated rings. The van der Waals surface area contributed by atoms with Gasteiger partial charge in [-0.2, -0.15) is 0 Å². The van der Waals surface area contributed by atoms with Crippen LogP contribution in [-0.2, 0) is 16.0 Å². The van der Waals surface area contributed by atoms with E-state index >= 15 is 0 Å². The van der Waals surface area contributed by atoms with E-state index in [2.05, 4.69) is 38.1 Å². The maximum absolute atomic E-state index is 12.2. The van der Waals surface area contributed by atoms with Gasteiger partial charge in [-0.15, -0.1) is 0 Å². The van der Waals surface area contributed by atoms with Crippen LogP contribution < -0.4 is 0 Å². The summed E-state index contributed by atoms with van der Waals surface area (Å²) >= 11 is 0. The van der Waals surface area contributed by atoms with Crippen molar-refractivity contribution >= 4 is 5.97 Å². The average molecular weight is 345 g/mol. The number of esters is 1. The van der Waals surface area contributed by atoms with E-state index in [4.69, 9.17) is 4.74 Å². The lowest BCUT2D eigenvalue weighted by molar-refractivity contribution is -0.161. The summed E-state index contributed by atoms with van der Waals surface area (Å²) in [7, 11) is 0. The third-order valence-electron chi connectivity index (χ3n) is 5.45. The van der Waals surface area contributed by atoms with Crippen LogP contribution in [0.2, 0.25) is 0 Å². The van der Waals surface area contributed by atoms with Gasteiger partial charge < -0.3 is 4.74 Å². The zero-order chi connectivity index (χ0) is 17.9. The van der Waals surface area contributed by atoms with E-state index in [0.29, 0.717) is 0 Å². The van der Waals surface area contributed by atoms with Crippen LogP contribution in [0.25, 0.3) is 0 Å². The molecule has 140 valence electrons. The number of unbranched alkanes of at least 4 members (excludes halogenated alkanes) is 6. The Bertz CT molecular complexity index is 491. The van der Waals surface area contributed by atoms with Crippen LogP contribution in [0, 0.1) is 5.92 Å². The molecule has 25 heavy (non-hydrogen) atoms.